The van der Waals surface area contributed by atoms with E-state index >= 15 is 4.39 Å². The normalized spacial score (nSPS) is 39.6. The summed E-state index contributed by atoms with van der Waals surface area (Å²) in [4.78, 5) is 52.4. The molecule has 0 radical (unpaired) electrons. The van der Waals surface area contributed by atoms with Crippen molar-refractivity contribution in [2.75, 3.05) is 33.5 Å². The highest BCUT2D eigenvalue weighted by atomic mass is 19.1. The number of halogens is 1. The van der Waals surface area contributed by atoms with Crippen molar-refractivity contribution < 1.29 is 57.1 Å². The number of anilines is 1. The lowest BCUT2D eigenvalue weighted by Crippen LogP contribution is -2.61. The number of aliphatic hydroxyl groups excluding tert-OH is 1. The van der Waals surface area contributed by atoms with Crippen LogP contribution in [0.3, 0.4) is 0 Å². The third kappa shape index (κ3) is 9.40. The minimum absolute atomic E-state index is 0.0739. The topological polar surface area (TPSA) is 191 Å². The first-order valence-electron chi connectivity index (χ1n) is 18.6. The van der Waals surface area contributed by atoms with Gasteiger partial charge in [0, 0.05) is 48.9 Å². The Kier molecular flexibility index (Phi) is 14.0. The molecular weight excluding hydrogens is 719 g/mol. The summed E-state index contributed by atoms with van der Waals surface area (Å²) in [6, 6.07) is 1.30. The van der Waals surface area contributed by atoms with E-state index in [2.05, 4.69) is 22.0 Å². The lowest BCUT2D eigenvalue weighted by atomic mass is 9.73. The van der Waals surface area contributed by atoms with Crippen LogP contribution in [-0.4, -0.2) is 126 Å². The number of nitrogen functional groups attached to an aromatic ring is 1. The number of fused-ring (bicyclic) bond motifs is 1. The highest BCUT2D eigenvalue weighted by Gasteiger charge is 2.60. The SMILES string of the molecule is CC[C@H]1OC(=O)[C@@](C)(F)C(=O)[C@H](C)[C@@H](O[C@@H]2O[C@H](C)C[C@H](N(C)C)[C@H]2O)[C@](C)(OC)C[C@@H](C)/C(=N\OCC#Cc2cncc(N)c2)[C@H](C)[C@H]2OC(=O)O[C@@]21C. The molecule has 0 aliphatic carbocycles. The molecule has 16 heteroatoms. The molecule has 0 spiro atoms. The Balaban J connectivity index is 1.83. The first-order valence-corrected chi connectivity index (χ1v) is 18.6. The average molecular weight is 777 g/mol. The van der Waals surface area contributed by atoms with Gasteiger partial charge >= 0.3 is 12.1 Å². The number of esters is 1. The zero-order chi connectivity index (χ0) is 41.0. The molecule has 3 aliphatic heterocycles. The number of rotatable bonds is 7. The van der Waals surface area contributed by atoms with Crippen LogP contribution in [0.4, 0.5) is 14.9 Å². The quantitative estimate of drug-likeness (QED) is 0.134. The van der Waals surface area contributed by atoms with Crippen molar-refractivity contribution in [3.63, 3.8) is 0 Å². The van der Waals surface area contributed by atoms with E-state index in [1.54, 1.807) is 33.0 Å². The van der Waals surface area contributed by atoms with E-state index in [9.17, 15) is 19.5 Å². The van der Waals surface area contributed by atoms with Crippen LogP contribution in [0.25, 0.3) is 0 Å². The standard InChI is InChI=1S/C39H57FN4O11/c1-12-28-39(8)33(54-36(48)55-39)23(4)29(43-50-15-13-14-25-17-26(41)20-42-19-25)21(2)18-37(6,49-11)32(24(5)31(46)38(7,40)35(47)52-28)53-34-30(45)27(44(9)10)16-22(3)51-34/h17,19-24,27-28,30,32-34,45H,12,15-16,18,41H2,1-11H3/b43-29+/t21-,22-,23+,24+,27+,28-,30-,32-,33-,34+,37-,38+,39-/m1/s1. The monoisotopic (exact) mass is 776 g/mol. The lowest BCUT2D eigenvalue weighted by Gasteiger charge is -2.47. The van der Waals surface area contributed by atoms with Gasteiger partial charge < -0.3 is 49.0 Å². The van der Waals surface area contributed by atoms with Crippen molar-refractivity contribution >= 4 is 29.3 Å². The second-order valence-electron chi connectivity index (χ2n) is 15.7. The first kappa shape index (κ1) is 43.8. The summed E-state index contributed by atoms with van der Waals surface area (Å²) in [5.74, 6) is 0.529. The number of likely N-dealkylation sites (N-methyl/N-ethyl adjacent to an activating group) is 1. The summed E-state index contributed by atoms with van der Waals surface area (Å²) in [7, 11) is 5.07. The van der Waals surface area contributed by atoms with Crippen LogP contribution in [0.1, 0.15) is 80.2 Å². The summed E-state index contributed by atoms with van der Waals surface area (Å²) < 4.78 is 52.6. The van der Waals surface area contributed by atoms with Gasteiger partial charge in [-0.1, -0.05) is 44.7 Å². The Labute approximate surface area is 322 Å². The van der Waals surface area contributed by atoms with E-state index < -0.39 is 83.2 Å². The number of ether oxygens (including phenoxy) is 6. The number of alkyl halides is 1. The van der Waals surface area contributed by atoms with E-state index in [1.807, 2.05) is 32.8 Å². The number of aliphatic hydroxyl groups is 1. The molecule has 3 N–H and O–H groups in total. The van der Waals surface area contributed by atoms with E-state index in [-0.39, 0.29) is 31.6 Å². The number of ketones is 1. The maximum Gasteiger partial charge on any atom is 0.509 e. The molecular formula is C39H57FN4O11. The van der Waals surface area contributed by atoms with Gasteiger partial charge in [-0.25, -0.2) is 14.0 Å². The van der Waals surface area contributed by atoms with Crippen molar-refractivity contribution in [1.29, 1.82) is 0 Å². The Hall–Kier alpha value is -3.88. The summed E-state index contributed by atoms with van der Waals surface area (Å²) >= 11 is 0. The number of carbonyl (C=O) groups excluding carboxylic acids is 3. The van der Waals surface area contributed by atoms with Gasteiger partial charge in [-0.3, -0.25) is 9.78 Å². The molecule has 0 unspecified atom stereocenters. The highest BCUT2D eigenvalue weighted by molar-refractivity contribution is 6.08. The number of methoxy groups -OCH3 is 1. The Morgan fingerprint density at radius 1 is 1.11 bits per heavy atom. The fourth-order valence-electron chi connectivity index (χ4n) is 8.04. The molecule has 0 amide bonds. The highest BCUT2D eigenvalue weighted by Crippen LogP contribution is 2.43. The van der Waals surface area contributed by atoms with Crippen LogP contribution >= 0.6 is 0 Å². The predicted octanol–water partition coefficient (Wildman–Crippen LogP) is 3.83. The molecule has 1 aromatic rings. The largest absolute Gasteiger partial charge is 0.509 e. The van der Waals surface area contributed by atoms with E-state index in [0.717, 1.165) is 6.92 Å². The smallest absolute Gasteiger partial charge is 0.455 e. The molecule has 3 fully saturated rings. The van der Waals surface area contributed by atoms with Crippen LogP contribution in [-0.2, 0) is 42.8 Å². The van der Waals surface area contributed by atoms with Crippen molar-refractivity contribution in [2.45, 2.75) is 134 Å². The Bertz CT molecular complexity index is 1650. The molecule has 4 heterocycles. The molecule has 1 aromatic heterocycles. The minimum atomic E-state index is -3.17. The van der Waals surface area contributed by atoms with Crippen molar-refractivity contribution in [3.05, 3.63) is 24.0 Å². The number of pyridine rings is 1. The fraction of sp³-hybridized carbons (Fsp3) is 0.718. The maximum absolute atomic E-state index is 16.7. The number of cyclic esters (lactones) is 1. The number of Topliss-reactive ketones (excluding diaryl/α,β-unsaturated/α-hetero) is 1. The first-order chi connectivity index (χ1) is 25.7. The van der Waals surface area contributed by atoms with Crippen molar-refractivity contribution in [1.82, 2.24) is 9.88 Å². The van der Waals surface area contributed by atoms with Crippen LogP contribution < -0.4 is 5.73 Å². The molecule has 13 atom stereocenters. The lowest BCUT2D eigenvalue weighted by molar-refractivity contribution is -0.295. The van der Waals surface area contributed by atoms with Crippen molar-refractivity contribution in [2.24, 2.45) is 22.9 Å². The van der Waals surface area contributed by atoms with Crippen LogP contribution in [0.5, 0.6) is 0 Å². The predicted molar refractivity (Wildman–Crippen MR) is 198 cm³/mol. The third-order valence-electron chi connectivity index (χ3n) is 11.1. The minimum Gasteiger partial charge on any atom is -0.455 e. The van der Waals surface area contributed by atoms with E-state index in [0.29, 0.717) is 23.4 Å². The third-order valence-corrected chi connectivity index (χ3v) is 11.1. The number of oxime groups is 1. The van der Waals surface area contributed by atoms with Crippen LogP contribution in [0.15, 0.2) is 23.6 Å². The Morgan fingerprint density at radius 2 is 1.80 bits per heavy atom. The van der Waals surface area contributed by atoms with Gasteiger partial charge in [0.2, 0.25) is 0 Å². The second kappa shape index (κ2) is 17.5. The van der Waals surface area contributed by atoms with Gasteiger partial charge in [0.15, 0.2) is 30.4 Å². The van der Waals surface area contributed by atoms with Crippen LogP contribution in [0.2, 0.25) is 0 Å². The summed E-state index contributed by atoms with van der Waals surface area (Å²) in [6.07, 6.45) is -3.67. The van der Waals surface area contributed by atoms with Gasteiger partial charge in [0.25, 0.3) is 5.67 Å². The Morgan fingerprint density at radius 3 is 2.42 bits per heavy atom. The zero-order valence-electron chi connectivity index (χ0n) is 33.7. The summed E-state index contributed by atoms with van der Waals surface area (Å²) in [5.41, 5.74) is 1.03. The van der Waals surface area contributed by atoms with Gasteiger partial charge in [-0.15, -0.1) is 0 Å². The summed E-state index contributed by atoms with van der Waals surface area (Å²) in [5, 5.41) is 16.0. The molecule has 0 bridgehead atoms. The van der Waals surface area contributed by atoms with Gasteiger partial charge in [0.1, 0.15) is 12.2 Å². The number of hydrogen-bond donors (Lipinski definition) is 2. The molecule has 3 saturated heterocycles. The number of nitrogens with zero attached hydrogens (tertiary/aromatic N) is 3. The summed E-state index contributed by atoms with van der Waals surface area (Å²) in [6.45, 7) is 12.5. The zero-order valence-corrected chi connectivity index (χ0v) is 33.7. The van der Waals surface area contributed by atoms with Crippen molar-refractivity contribution in [3.8, 4) is 11.8 Å². The molecule has 55 heavy (non-hydrogen) atoms. The van der Waals surface area contributed by atoms with Gasteiger partial charge in [0.05, 0.1) is 29.2 Å². The number of aromatic nitrogens is 1. The van der Waals surface area contributed by atoms with E-state index in [4.69, 9.17) is 39.0 Å². The second-order valence-corrected chi connectivity index (χ2v) is 15.7. The molecule has 15 nitrogen and oxygen atoms in total. The van der Waals surface area contributed by atoms with Gasteiger partial charge in [-0.05, 0) is 67.1 Å². The van der Waals surface area contributed by atoms with Gasteiger partial charge in [-0.2, -0.15) is 0 Å². The number of carbonyl (C=O) groups is 3. The fourth-order valence-corrected chi connectivity index (χ4v) is 8.04. The average Bonchev–Trinajstić information content (AvgIpc) is 3.44. The maximum atomic E-state index is 16.7. The number of hydrogen-bond acceptors (Lipinski definition) is 15. The molecule has 0 aromatic carbocycles. The molecule has 306 valence electrons. The van der Waals surface area contributed by atoms with E-state index in [1.165, 1.54) is 27.2 Å². The molecule has 3 aliphatic rings. The molecule has 0 saturated carbocycles. The molecule has 4 rings (SSSR count). The number of nitrogens with two attached hydrogens (primary N) is 1. The van der Waals surface area contributed by atoms with Crippen LogP contribution in [0, 0.1) is 29.6 Å².